The molecule has 0 fully saturated rings. The fourth-order valence-electron chi connectivity index (χ4n) is 2.76. The van der Waals surface area contributed by atoms with Gasteiger partial charge in [-0.1, -0.05) is 48.5 Å². The van der Waals surface area contributed by atoms with Crippen LogP contribution in [0.25, 0.3) is 11.3 Å². The van der Waals surface area contributed by atoms with Gasteiger partial charge in [0, 0.05) is 23.7 Å². The molecule has 6 heteroatoms. The number of carbonyl (C=O) groups excluding carboxylic acids is 1. The van der Waals surface area contributed by atoms with Crippen molar-refractivity contribution in [2.24, 2.45) is 0 Å². The van der Waals surface area contributed by atoms with E-state index < -0.39 is 0 Å². The highest BCUT2D eigenvalue weighted by atomic mass is 16.5. The number of nitrogens with zero attached hydrogens (tertiary/aromatic N) is 2. The lowest BCUT2D eigenvalue weighted by atomic mass is 10.1. The van der Waals surface area contributed by atoms with Crippen LogP contribution in [0.5, 0.6) is 5.75 Å². The maximum absolute atomic E-state index is 12.2. The van der Waals surface area contributed by atoms with Crippen LogP contribution < -0.4 is 15.6 Å². The Balaban J connectivity index is 1.60. The van der Waals surface area contributed by atoms with Gasteiger partial charge in [-0.2, -0.15) is 5.10 Å². The molecular weight excluding hydrogens is 342 g/mol. The van der Waals surface area contributed by atoms with Crippen molar-refractivity contribution in [2.45, 2.75) is 13.0 Å². The Morgan fingerprint density at radius 2 is 1.78 bits per heavy atom. The summed E-state index contributed by atoms with van der Waals surface area (Å²) in [6.07, 6.45) is 0.219. The number of hydrogen-bond donors (Lipinski definition) is 1. The Kier molecular flexibility index (Phi) is 5.99. The smallest absolute Gasteiger partial charge is 0.266 e. The van der Waals surface area contributed by atoms with Crippen molar-refractivity contribution in [2.75, 3.05) is 13.7 Å². The van der Waals surface area contributed by atoms with E-state index in [2.05, 4.69) is 10.4 Å². The highest BCUT2D eigenvalue weighted by Gasteiger charge is 2.08. The van der Waals surface area contributed by atoms with Crippen LogP contribution in [0.15, 0.2) is 71.5 Å². The van der Waals surface area contributed by atoms with Gasteiger partial charge in [-0.25, -0.2) is 4.68 Å². The summed E-state index contributed by atoms with van der Waals surface area (Å²) in [5.74, 6) is 0.549. The normalized spacial score (nSPS) is 10.4. The number of amides is 1. The van der Waals surface area contributed by atoms with Crippen LogP contribution in [0.2, 0.25) is 0 Å². The minimum absolute atomic E-state index is 0.133. The molecule has 2 aromatic carbocycles. The van der Waals surface area contributed by atoms with Crippen LogP contribution in [0.1, 0.15) is 5.56 Å². The number of methoxy groups -OCH3 is 1. The molecule has 0 saturated heterocycles. The van der Waals surface area contributed by atoms with E-state index in [4.69, 9.17) is 4.74 Å². The van der Waals surface area contributed by atoms with Gasteiger partial charge < -0.3 is 10.1 Å². The summed E-state index contributed by atoms with van der Waals surface area (Å²) < 4.78 is 6.62. The van der Waals surface area contributed by atoms with E-state index in [0.29, 0.717) is 18.8 Å². The topological polar surface area (TPSA) is 73.2 Å². The van der Waals surface area contributed by atoms with Gasteiger partial charge in [-0.15, -0.1) is 0 Å². The quantitative estimate of drug-likeness (QED) is 0.699. The standard InChI is InChI=1S/C21H21N3O3/c1-27-19-10-6-5-9-17(19)15-20(25)22-13-14-24-21(26)12-11-18(23-24)16-7-3-2-4-8-16/h2-12H,13-15H2,1H3,(H,22,25). The third-order valence-electron chi connectivity index (χ3n) is 4.13. The molecule has 1 amide bonds. The fourth-order valence-corrected chi connectivity index (χ4v) is 2.76. The van der Waals surface area contributed by atoms with Crippen LogP contribution in [0, 0.1) is 0 Å². The number of benzene rings is 2. The number of para-hydroxylation sites is 1. The molecular formula is C21H21N3O3. The third-order valence-corrected chi connectivity index (χ3v) is 4.13. The van der Waals surface area contributed by atoms with Crippen molar-refractivity contribution in [3.8, 4) is 17.0 Å². The van der Waals surface area contributed by atoms with Gasteiger partial charge in [0.15, 0.2) is 0 Å². The summed E-state index contributed by atoms with van der Waals surface area (Å²) >= 11 is 0. The van der Waals surface area contributed by atoms with Gasteiger partial charge in [0.25, 0.3) is 5.56 Å². The molecule has 0 spiro atoms. The highest BCUT2D eigenvalue weighted by molar-refractivity contribution is 5.79. The second-order valence-electron chi connectivity index (χ2n) is 5.98. The van der Waals surface area contributed by atoms with Gasteiger partial charge in [0.05, 0.1) is 25.8 Å². The number of rotatable bonds is 7. The maximum Gasteiger partial charge on any atom is 0.266 e. The van der Waals surface area contributed by atoms with Crippen molar-refractivity contribution in [1.29, 1.82) is 0 Å². The lowest BCUT2D eigenvalue weighted by Gasteiger charge is -2.10. The van der Waals surface area contributed by atoms with Crippen LogP contribution in [-0.4, -0.2) is 29.3 Å². The lowest BCUT2D eigenvalue weighted by Crippen LogP contribution is -2.32. The molecule has 3 rings (SSSR count). The number of ether oxygens (including phenoxy) is 1. The summed E-state index contributed by atoms with van der Waals surface area (Å²) in [5.41, 5.74) is 2.27. The second-order valence-corrected chi connectivity index (χ2v) is 5.98. The SMILES string of the molecule is COc1ccccc1CC(=O)NCCn1nc(-c2ccccc2)ccc1=O. The molecule has 0 unspecified atom stereocenters. The van der Waals surface area contributed by atoms with E-state index in [1.54, 1.807) is 13.2 Å². The highest BCUT2D eigenvalue weighted by Crippen LogP contribution is 2.17. The molecule has 0 bridgehead atoms. The second kappa shape index (κ2) is 8.80. The lowest BCUT2D eigenvalue weighted by molar-refractivity contribution is -0.120. The summed E-state index contributed by atoms with van der Waals surface area (Å²) in [7, 11) is 1.58. The third kappa shape index (κ3) is 4.82. The van der Waals surface area contributed by atoms with Gasteiger partial charge in [0.1, 0.15) is 5.75 Å². The van der Waals surface area contributed by atoms with Crippen molar-refractivity contribution in [3.05, 3.63) is 82.6 Å². The van der Waals surface area contributed by atoms with E-state index in [9.17, 15) is 9.59 Å². The zero-order valence-electron chi connectivity index (χ0n) is 15.1. The van der Waals surface area contributed by atoms with E-state index >= 15 is 0 Å². The first-order valence-corrected chi connectivity index (χ1v) is 8.69. The molecule has 0 saturated carbocycles. The predicted octanol–water partition coefficient (Wildman–Crippen LogP) is 2.28. The zero-order chi connectivity index (χ0) is 19.1. The van der Waals surface area contributed by atoms with Gasteiger partial charge in [-0.05, 0) is 12.1 Å². The van der Waals surface area contributed by atoms with Crippen LogP contribution in [0.4, 0.5) is 0 Å². The molecule has 0 aliphatic rings. The van der Waals surface area contributed by atoms with E-state index in [0.717, 1.165) is 16.8 Å². The average molecular weight is 363 g/mol. The van der Waals surface area contributed by atoms with Gasteiger partial charge in [-0.3, -0.25) is 9.59 Å². The average Bonchev–Trinajstić information content (AvgIpc) is 2.70. The predicted molar refractivity (Wildman–Crippen MR) is 104 cm³/mol. The molecule has 6 nitrogen and oxygen atoms in total. The van der Waals surface area contributed by atoms with Crippen LogP contribution >= 0.6 is 0 Å². The van der Waals surface area contributed by atoms with Crippen molar-refractivity contribution in [3.63, 3.8) is 0 Å². The van der Waals surface area contributed by atoms with Crippen LogP contribution in [-0.2, 0) is 17.8 Å². The monoisotopic (exact) mass is 363 g/mol. The number of nitrogens with one attached hydrogen (secondary N) is 1. The Bertz CT molecular complexity index is 968. The van der Waals surface area contributed by atoms with Crippen molar-refractivity contribution >= 4 is 5.91 Å². The fraction of sp³-hybridized carbons (Fsp3) is 0.190. The Morgan fingerprint density at radius 1 is 1.04 bits per heavy atom. The van der Waals surface area contributed by atoms with E-state index in [-0.39, 0.29) is 17.9 Å². The molecule has 1 heterocycles. The first kappa shape index (κ1) is 18.4. The van der Waals surface area contributed by atoms with E-state index in [1.165, 1.54) is 10.7 Å². The molecule has 0 aliphatic heterocycles. The van der Waals surface area contributed by atoms with Crippen LogP contribution in [0.3, 0.4) is 0 Å². The number of carbonyl (C=O) groups is 1. The Labute approximate surface area is 157 Å². The minimum Gasteiger partial charge on any atom is -0.496 e. The first-order valence-electron chi connectivity index (χ1n) is 8.69. The molecule has 27 heavy (non-hydrogen) atoms. The Morgan fingerprint density at radius 3 is 2.56 bits per heavy atom. The van der Waals surface area contributed by atoms with E-state index in [1.807, 2.05) is 54.6 Å². The molecule has 0 radical (unpaired) electrons. The number of hydrogen-bond acceptors (Lipinski definition) is 4. The molecule has 1 N–H and O–H groups in total. The maximum atomic E-state index is 12.2. The number of aromatic nitrogens is 2. The largest absolute Gasteiger partial charge is 0.496 e. The summed E-state index contributed by atoms with van der Waals surface area (Å²) in [5, 5.41) is 7.21. The molecule has 1 aromatic heterocycles. The molecule has 138 valence electrons. The summed E-state index contributed by atoms with van der Waals surface area (Å²) in [6.45, 7) is 0.621. The van der Waals surface area contributed by atoms with Crippen molar-refractivity contribution in [1.82, 2.24) is 15.1 Å². The molecule has 3 aromatic rings. The zero-order valence-corrected chi connectivity index (χ0v) is 15.1. The molecule has 0 aliphatic carbocycles. The molecule has 0 atom stereocenters. The van der Waals surface area contributed by atoms with Crippen molar-refractivity contribution < 1.29 is 9.53 Å². The summed E-state index contributed by atoms with van der Waals surface area (Å²) in [6, 6.07) is 20.2. The Hall–Kier alpha value is -3.41. The van der Waals surface area contributed by atoms with Gasteiger partial charge in [0.2, 0.25) is 5.91 Å². The first-order chi connectivity index (χ1) is 13.2. The minimum atomic E-state index is -0.200. The summed E-state index contributed by atoms with van der Waals surface area (Å²) in [4.78, 5) is 24.2. The van der Waals surface area contributed by atoms with Gasteiger partial charge >= 0.3 is 0 Å².